The number of rotatable bonds is 1. The first-order valence-electron chi connectivity index (χ1n) is 5.50. The SMILES string of the molecule is Nc1nn(C2CCNC2)c2c1CCOC2. The number of nitrogen functional groups attached to an aromatic ring is 1. The molecule has 15 heavy (non-hydrogen) atoms. The van der Waals surface area contributed by atoms with E-state index in [1.807, 2.05) is 0 Å². The van der Waals surface area contributed by atoms with Crippen molar-refractivity contribution in [2.24, 2.45) is 0 Å². The summed E-state index contributed by atoms with van der Waals surface area (Å²) in [4.78, 5) is 0. The molecule has 5 nitrogen and oxygen atoms in total. The quantitative estimate of drug-likeness (QED) is 0.685. The molecule has 1 fully saturated rings. The standard InChI is InChI=1S/C10H16N4O/c11-10-8-2-4-15-6-9(8)14(13-10)7-1-3-12-5-7/h7,12H,1-6H2,(H2,11,13). The Kier molecular flexibility index (Phi) is 2.14. The molecule has 1 saturated heterocycles. The number of nitrogens with one attached hydrogen (secondary N) is 1. The summed E-state index contributed by atoms with van der Waals surface area (Å²) in [6.45, 7) is 3.50. The van der Waals surface area contributed by atoms with E-state index in [-0.39, 0.29) is 0 Å². The van der Waals surface area contributed by atoms with Gasteiger partial charge in [-0.15, -0.1) is 0 Å². The van der Waals surface area contributed by atoms with Crippen LogP contribution in [0.25, 0.3) is 0 Å². The van der Waals surface area contributed by atoms with Gasteiger partial charge in [-0.3, -0.25) is 4.68 Å². The number of aromatic nitrogens is 2. The Morgan fingerprint density at radius 3 is 3.27 bits per heavy atom. The number of nitrogens with zero attached hydrogens (tertiary/aromatic N) is 2. The van der Waals surface area contributed by atoms with Gasteiger partial charge in [-0.1, -0.05) is 0 Å². The highest BCUT2D eigenvalue weighted by Crippen LogP contribution is 2.27. The number of ether oxygens (including phenoxy) is 1. The molecule has 0 aromatic carbocycles. The molecule has 0 bridgehead atoms. The van der Waals surface area contributed by atoms with Crippen LogP contribution in [0, 0.1) is 0 Å². The first kappa shape index (κ1) is 9.18. The second kappa shape index (κ2) is 3.50. The Bertz CT molecular complexity index is 368. The lowest BCUT2D eigenvalue weighted by Gasteiger charge is -2.17. The van der Waals surface area contributed by atoms with Crippen molar-refractivity contribution in [1.29, 1.82) is 0 Å². The van der Waals surface area contributed by atoms with Gasteiger partial charge in [0.15, 0.2) is 0 Å². The second-order valence-corrected chi connectivity index (χ2v) is 4.20. The summed E-state index contributed by atoms with van der Waals surface area (Å²) < 4.78 is 7.55. The van der Waals surface area contributed by atoms with Gasteiger partial charge >= 0.3 is 0 Å². The van der Waals surface area contributed by atoms with Crippen molar-refractivity contribution >= 4 is 5.82 Å². The molecule has 0 amide bonds. The lowest BCUT2D eigenvalue weighted by atomic mass is 10.1. The van der Waals surface area contributed by atoms with Gasteiger partial charge in [-0.25, -0.2) is 0 Å². The van der Waals surface area contributed by atoms with Crippen LogP contribution in [-0.4, -0.2) is 29.5 Å². The molecule has 0 saturated carbocycles. The topological polar surface area (TPSA) is 65.1 Å². The average molecular weight is 208 g/mol. The van der Waals surface area contributed by atoms with Crippen LogP contribution in [0.5, 0.6) is 0 Å². The Morgan fingerprint density at radius 2 is 2.47 bits per heavy atom. The Labute approximate surface area is 88.6 Å². The van der Waals surface area contributed by atoms with Crippen LogP contribution in [0.4, 0.5) is 5.82 Å². The number of anilines is 1. The first-order chi connectivity index (χ1) is 7.36. The summed E-state index contributed by atoms with van der Waals surface area (Å²) in [5, 5.41) is 7.79. The predicted molar refractivity (Wildman–Crippen MR) is 56.5 cm³/mol. The number of nitrogens with two attached hydrogens (primary N) is 1. The smallest absolute Gasteiger partial charge is 0.149 e. The molecule has 5 heteroatoms. The van der Waals surface area contributed by atoms with Crippen LogP contribution < -0.4 is 11.1 Å². The van der Waals surface area contributed by atoms with Gasteiger partial charge in [0.25, 0.3) is 0 Å². The molecule has 1 aromatic rings. The van der Waals surface area contributed by atoms with Crippen molar-refractivity contribution in [2.75, 3.05) is 25.4 Å². The van der Waals surface area contributed by atoms with E-state index < -0.39 is 0 Å². The highest BCUT2D eigenvalue weighted by Gasteiger charge is 2.25. The zero-order valence-corrected chi connectivity index (χ0v) is 8.70. The number of hydrogen-bond donors (Lipinski definition) is 2. The fourth-order valence-corrected chi connectivity index (χ4v) is 2.44. The highest BCUT2D eigenvalue weighted by atomic mass is 16.5. The van der Waals surface area contributed by atoms with E-state index in [0.29, 0.717) is 18.5 Å². The van der Waals surface area contributed by atoms with Gasteiger partial charge in [-0.2, -0.15) is 5.10 Å². The highest BCUT2D eigenvalue weighted by molar-refractivity contribution is 5.43. The average Bonchev–Trinajstić information content (AvgIpc) is 2.87. The van der Waals surface area contributed by atoms with Crippen LogP contribution in [-0.2, 0) is 17.8 Å². The van der Waals surface area contributed by atoms with Gasteiger partial charge in [-0.05, 0) is 13.0 Å². The maximum absolute atomic E-state index is 5.92. The van der Waals surface area contributed by atoms with Crippen molar-refractivity contribution in [3.05, 3.63) is 11.3 Å². The Balaban J connectivity index is 1.99. The third-order valence-electron chi connectivity index (χ3n) is 3.26. The number of hydrogen-bond acceptors (Lipinski definition) is 4. The third kappa shape index (κ3) is 1.42. The fourth-order valence-electron chi connectivity index (χ4n) is 2.44. The monoisotopic (exact) mass is 208 g/mol. The maximum Gasteiger partial charge on any atom is 0.149 e. The third-order valence-corrected chi connectivity index (χ3v) is 3.26. The maximum atomic E-state index is 5.92. The minimum Gasteiger partial charge on any atom is -0.382 e. The molecule has 1 aromatic heterocycles. The van der Waals surface area contributed by atoms with Gasteiger partial charge in [0.05, 0.1) is 24.9 Å². The lowest BCUT2D eigenvalue weighted by molar-refractivity contribution is 0.103. The number of fused-ring (bicyclic) bond motifs is 1. The fraction of sp³-hybridized carbons (Fsp3) is 0.700. The van der Waals surface area contributed by atoms with Crippen molar-refractivity contribution in [3.63, 3.8) is 0 Å². The molecule has 1 unspecified atom stereocenters. The van der Waals surface area contributed by atoms with Crippen molar-refractivity contribution in [1.82, 2.24) is 15.1 Å². The summed E-state index contributed by atoms with van der Waals surface area (Å²) in [5.41, 5.74) is 8.31. The predicted octanol–water partition coefficient (Wildman–Crippen LogP) is 0.0724. The minimum absolute atomic E-state index is 0.456. The first-order valence-corrected chi connectivity index (χ1v) is 5.50. The van der Waals surface area contributed by atoms with E-state index in [1.54, 1.807) is 0 Å². The molecule has 3 rings (SSSR count). The van der Waals surface area contributed by atoms with Crippen LogP contribution in [0.2, 0.25) is 0 Å². The molecule has 0 spiro atoms. The minimum atomic E-state index is 0.456. The molecule has 2 aliphatic rings. The van der Waals surface area contributed by atoms with Crippen LogP contribution in [0.15, 0.2) is 0 Å². The van der Waals surface area contributed by atoms with Crippen molar-refractivity contribution in [2.45, 2.75) is 25.5 Å². The van der Waals surface area contributed by atoms with Crippen molar-refractivity contribution < 1.29 is 4.74 Å². The van der Waals surface area contributed by atoms with Gasteiger partial charge in [0.2, 0.25) is 0 Å². The van der Waals surface area contributed by atoms with Crippen molar-refractivity contribution in [3.8, 4) is 0 Å². The zero-order chi connectivity index (χ0) is 10.3. The van der Waals surface area contributed by atoms with Gasteiger partial charge in [0.1, 0.15) is 5.82 Å². The van der Waals surface area contributed by atoms with Gasteiger partial charge < -0.3 is 15.8 Å². The van der Waals surface area contributed by atoms with E-state index in [4.69, 9.17) is 10.5 Å². The van der Waals surface area contributed by atoms with E-state index in [1.165, 1.54) is 11.3 Å². The molecule has 0 aliphatic carbocycles. The summed E-state index contributed by atoms with van der Waals surface area (Å²) >= 11 is 0. The van der Waals surface area contributed by atoms with Crippen LogP contribution in [0.3, 0.4) is 0 Å². The summed E-state index contributed by atoms with van der Waals surface area (Å²) in [6.07, 6.45) is 2.04. The zero-order valence-electron chi connectivity index (χ0n) is 8.70. The molecular weight excluding hydrogens is 192 g/mol. The van der Waals surface area contributed by atoms with E-state index in [0.717, 1.165) is 32.5 Å². The Hall–Kier alpha value is -1.07. The molecule has 1 atom stereocenters. The molecule has 2 aliphatic heterocycles. The summed E-state index contributed by atoms with van der Waals surface area (Å²) in [5.74, 6) is 0.695. The second-order valence-electron chi connectivity index (χ2n) is 4.20. The molecule has 82 valence electrons. The molecule has 0 radical (unpaired) electrons. The van der Waals surface area contributed by atoms with E-state index in [2.05, 4.69) is 15.1 Å². The lowest BCUT2D eigenvalue weighted by Crippen LogP contribution is -2.19. The van der Waals surface area contributed by atoms with Crippen LogP contribution in [0.1, 0.15) is 23.7 Å². The van der Waals surface area contributed by atoms with Gasteiger partial charge in [0, 0.05) is 18.5 Å². The molecule has 3 N–H and O–H groups in total. The normalized spacial score (nSPS) is 25.5. The summed E-state index contributed by atoms with van der Waals surface area (Å²) in [6, 6.07) is 0.456. The summed E-state index contributed by atoms with van der Waals surface area (Å²) in [7, 11) is 0. The Morgan fingerprint density at radius 1 is 1.53 bits per heavy atom. The molecular formula is C10H16N4O. The van der Waals surface area contributed by atoms with E-state index in [9.17, 15) is 0 Å². The largest absolute Gasteiger partial charge is 0.382 e. The van der Waals surface area contributed by atoms with Crippen LogP contribution >= 0.6 is 0 Å². The molecule has 3 heterocycles. The van der Waals surface area contributed by atoms with E-state index >= 15 is 0 Å².